The molecule has 0 saturated heterocycles. The summed E-state index contributed by atoms with van der Waals surface area (Å²) in [5.41, 5.74) is 1.99. The Hall–Kier alpha value is -1.49. The van der Waals surface area contributed by atoms with Crippen LogP contribution in [-0.2, 0) is 0 Å². The molecule has 0 spiro atoms. The van der Waals surface area contributed by atoms with Gasteiger partial charge >= 0.3 is 0 Å². The van der Waals surface area contributed by atoms with Gasteiger partial charge in [-0.25, -0.2) is 0 Å². The third-order valence-corrected chi connectivity index (χ3v) is 3.70. The molecule has 1 saturated carbocycles. The lowest BCUT2D eigenvalue weighted by atomic mass is 10.1. The molecule has 0 aromatic carbocycles. The van der Waals surface area contributed by atoms with Crippen LogP contribution in [0.4, 0.5) is 0 Å². The van der Waals surface area contributed by atoms with Crippen LogP contribution in [0.25, 0.3) is 0 Å². The highest BCUT2D eigenvalue weighted by Gasteiger charge is 2.28. The van der Waals surface area contributed by atoms with E-state index in [1.165, 1.54) is 0 Å². The monoisotopic (exact) mass is 263 g/mol. The molecule has 104 valence electrons. The average Bonchev–Trinajstić information content (AvgIpc) is 2.92. The van der Waals surface area contributed by atoms with Crippen LogP contribution in [0.3, 0.4) is 0 Å². The molecule has 5 nitrogen and oxygen atoms in total. The predicted molar refractivity (Wildman–Crippen MR) is 71.9 cm³/mol. The topological polar surface area (TPSA) is 66.3 Å². The van der Waals surface area contributed by atoms with Crippen LogP contribution >= 0.6 is 0 Å². The molecule has 1 aromatic heterocycles. The Kier molecular flexibility index (Phi) is 4.47. The van der Waals surface area contributed by atoms with E-state index in [2.05, 4.69) is 10.2 Å². The Balaban J connectivity index is 2.25. The van der Waals surface area contributed by atoms with Gasteiger partial charge in [-0.15, -0.1) is 0 Å². The van der Waals surface area contributed by atoms with Gasteiger partial charge in [0.25, 0.3) is 5.91 Å². The second-order valence-corrected chi connectivity index (χ2v) is 5.15. The van der Waals surface area contributed by atoms with Crippen molar-refractivity contribution >= 4 is 5.91 Å². The van der Waals surface area contributed by atoms with E-state index >= 15 is 0 Å². The zero-order valence-corrected chi connectivity index (χ0v) is 11.6. The van der Waals surface area contributed by atoms with Gasteiger partial charge in [0.15, 0.2) is 0 Å². The van der Waals surface area contributed by atoms with E-state index in [9.17, 15) is 9.90 Å². The number of hydrogen-bond acceptors (Lipinski definition) is 4. The van der Waals surface area contributed by atoms with Gasteiger partial charge in [-0.1, -0.05) is 12.8 Å². The number of aliphatic hydroxyl groups excluding tert-OH is 1. The standard InChI is InChI=1S/C14H21N3O2/c1-10-9-13(11(2)16-15-10)14(19)17(7-8-18)12-5-3-4-6-12/h9,12,18H,3-8H2,1-2H3. The lowest BCUT2D eigenvalue weighted by molar-refractivity contribution is 0.0636. The largest absolute Gasteiger partial charge is 0.395 e. The molecule has 0 unspecified atom stereocenters. The fourth-order valence-electron chi connectivity index (χ4n) is 2.69. The molecule has 19 heavy (non-hydrogen) atoms. The average molecular weight is 263 g/mol. The first kappa shape index (κ1) is 13.9. The molecule has 1 N–H and O–H groups in total. The molecule has 0 aliphatic heterocycles. The van der Waals surface area contributed by atoms with Gasteiger partial charge in [0.05, 0.1) is 23.6 Å². The third kappa shape index (κ3) is 3.10. The molecule has 1 aliphatic carbocycles. The molecule has 0 atom stereocenters. The van der Waals surface area contributed by atoms with E-state index in [0.717, 1.165) is 31.4 Å². The minimum atomic E-state index is -0.0311. The number of amides is 1. The SMILES string of the molecule is Cc1cc(C(=O)N(CCO)C2CCCC2)c(C)nn1. The fourth-order valence-corrected chi connectivity index (χ4v) is 2.69. The fraction of sp³-hybridized carbons (Fsp3) is 0.643. The summed E-state index contributed by atoms with van der Waals surface area (Å²) in [6, 6.07) is 2.04. The summed E-state index contributed by atoms with van der Waals surface area (Å²) in [5.74, 6) is -0.0311. The number of nitrogens with zero attached hydrogens (tertiary/aromatic N) is 3. The van der Waals surface area contributed by atoms with E-state index in [-0.39, 0.29) is 18.6 Å². The number of carbonyl (C=O) groups is 1. The molecule has 1 amide bonds. The predicted octanol–water partition coefficient (Wildman–Crippen LogP) is 1.47. The molecule has 0 radical (unpaired) electrons. The van der Waals surface area contributed by atoms with Crippen molar-refractivity contribution in [3.8, 4) is 0 Å². The molecular weight excluding hydrogens is 242 g/mol. The van der Waals surface area contributed by atoms with Crippen molar-refractivity contribution in [1.82, 2.24) is 15.1 Å². The lowest BCUT2D eigenvalue weighted by Crippen LogP contribution is -2.41. The lowest BCUT2D eigenvalue weighted by Gasteiger charge is -2.28. The Labute approximate surface area is 113 Å². The minimum absolute atomic E-state index is 0.00121. The second kappa shape index (κ2) is 6.10. The number of aromatic nitrogens is 2. The smallest absolute Gasteiger partial charge is 0.256 e. The van der Waals surface area contributed by atoms with Crippen LogP contribution in [0.1, 0.15) is 47.4 Å². The molecule has 5 heteroatoms. The molecular formula is C14H21N3O2. The maximum atomic E-state index is 12.6. The van der Waals surface area contributed by atoms with Gasteiger partial charge in [-0.3, -0.25) is 4.79 Å². The van der Waals surface area contributed by atoms with Gasteiger partial charge in [0, 0.05) is 12.6 Å². The second-order valence-electron chi connectivity index (χ2n) is 5.15. The summed E-state index contributed by atoms with van der Waals surface area (Å²) < 4.78 is 0. The first-order chi connectivity index (χ1) is 9.13. The van der Waals surface area contributed by atoms with Crippen LogP contribution in [-0.4, -0.2) is 45.3 Å². The summed E-state index contributed by atoms with van der Waals surface area (Å²) in [6.45, 7) is 4.02. The van der Waals surface area contributed by atoms with Crippen molar-refractivity contribution in [3.05, 3.63) is 23.0 Å². The minimum Gasteiger partial charge on any atom is -0.395 e. The van der Waals surface area contributed by atoms with Crippen molar-refractivity contribution in [2.24, 2.45) is 0 Å². The van der Waals surface area contributed by atoms with E-state index in [1.807, 2.05) is 6.92 Å². The number of aliphatic hydroxyl groups is 1. The number of hydrogen-bond donors (Lipinski definition) is 1. The number of rotatable bonds is 4. The quantitative estimate of drug-likeness (QED) is 0.893. The zero-order valence-electron chi connectivity index (χ0n) is 11.6. The van der Waals surface area contributed by atoms with E-state index < -0.39 is 0 Å². The number of aryl methyl sites for hydroxylation is 2. The third-order valence-electron chi connectivity index (χ3n) is 3.70. The van der Waals surface area contributed by atoms with Gasteiger partial charge in [-0.05, 0) is 32.8 Å². The highest BCUT2D eigenvalue weighted by Crippen LogP contribution is 2.25. The molecule has 0 bridgehead atoms. The van der Waals surface area contributed by atoms with Crippen LogP contribution in [0.2, 0.25) is 0 Å². The first-order valence-electron chi connectivity index (χ1n) is 6.86. The number of carbonyl (C=O) groups excluding carboxylic acids is 1. The Morgan fingerprint density at radius 1 is 1.37 bits per heavy atom. The summed E-state index contributed by atoms with van der Waals surface area (Å²) in [7, 11) is 0. The molecule has 1 aromatic rings. The van der Waals surface area contributed by atoms with Crippen LogP contribution in [0.15, 0.2) is 6.07 Å². The Morgan fingerprint density at radius 3 is 2.68 bits per heavy atom. The van der Waals surface area contributed by atoms with E-state index in [0.29, 0.717) is 17.8 Å². The van der Waals surface area contributed by atoms with Crippen molar-refractivity contribution in [2.75, 3.05) is 13.2 Å². The van der Waals surface area contributed by atoms with Gasteiger partial charge in [0.2, 0.25) is 0 Å². The van der Waals surface area contributed by atoms with Crippen molar-refractivity contribution in [1.29, 1.82) is 0 Å². The molecule has 1 aliphatic rings. The maximum Gasteiger partial charge on any atom is 0.256 e. The van der Waals surface area contributed by atoms with Gasteiger partial charge in [0.1, 0.15) is 0 Å². The summed E-state index contributed by atoms with van der Waals surface area (Å²) in [5, 5.41) is 17.2. The van der Waals surface area contributed by atoms with Gasteiger partial charge < -0.3 is 10.0 Å². The van der Waals surface area contributed by atoms with Crippen LogP contribution in [0, 0.1) is 13.8 Å². The van der Waals surface area contributed by atoms with Crippen molar-refractivity contribution in [2.45, 2.75) is 45.6 Å². The molecule has 1 heterocycles. The highest BCUT2D eigenvalue weighted by molar-refractivity contribution is 5.95. The summed E-state index contributed by atoms with van der Waals surface area (Å²) in [6.07, 6.45) is 4.38. The van der Waals surface area contributed by atoms with E-state index in [1.54, 1.807) is 17.9 Å². The highest BCUT2D eigenvalue weighted by atomic mass is 16.3. The Bertz CT molecular complexity index is 456. The molecule has 1 fully saturated rings. The van der Waals surface area contributed by atoms with E-state index in [4.69, 9.17) is 0 Å². The van der Waals surface area contributed by atoms with Gasteiger partial charge in [-0.2, -0.15) is 10.2 Å². The zero-order chi connectivity index (χ0) is 13.8. The summed E-state index contributed by atoms with van der Waals surface area (Å²) >= 11 is 0. The first-order valence-corrected chi connectivity index (χ1v) is 6.86. The van der Waals surface area contributed by atoms with Crippen molar-refractivity contribution in [3.63, 3.8) is 0 Å². The van der Waals surface area contributed by atoms with Crippen LogP contribution < -0.4 is 0 Å². The normalized spacial score (nSPS) is 15.7. The molecule has 2 rings (SSSR count). The Morgan fingerprint density at radius 2 is 2.05 bits per heavy atom. The van der Waals surface area contributed by atoms with Crippen molar-refractivity contribution < 1.29 is 9.90 Å². The van der Waals surface area contributed by atoms with Crippen LogP contribution in [0.5, 0.6) is 0 Å². The summed E-state index contributed by atoms with van der Waals surface area (Å²) in [4.78, 5) is 14.4. The maximum absolute atomic E-state index is 12.6.